The molecule has 0 aliphatic heterocycles. The number of carbonyl (C=O) groups excluding carboxylic acids is 2. The van der Waals surface area contributed by atoms with Crippen molar-refractivity contribution < 1.29 is 18.4 Å². The molecule has 4 nitrogen and oxygen atoms in total. The Morgan fingerprint density at radius 3 is 2.36 bits per heavy atom. The van der Waals surface area contributed by atoms with Crippen LogP contribution in [0.15, 0.2) is 59.6 Å². The number of carbonyl (C=O) groups is 2. The molecule has 0 saturated heterocycles. The topological polar surface area (TPSA) is 58.5 Å². The van der Waals surface area contributed by atoms with Crippen LogP contribution in [0.1, 0.15) is 27.4 Å². The number of aliphatic imine (C=N–C) groups is 1. The lowest BCUT2D eigenvalue weighted by atomic mass is 10.1. The number of benzene rings is 3. The van der Waals surface area contributed by atoms with Crippen LogP contribution in [0.2, 0.25) is 15.1 Å². The van der Waals surface area contributed by atoms with Gasteiger partial charge in [-0.2, -0.15) is 0 Å². The molecule has 0 heterocycles. The van der Waals surface area contributed by atoms with Gasteiger partial charge in [-0.05, 0) is 60.2 Å². The number of hydrogen-bond acceptors (Lipinski definition) is 3. The van der Waals surface area contributed by atoms with Crippen LogP contribution in [-0.4, -0.2) is 28.8 Å². The number of alkyl halides is 2. The third-order valence-electron chi connectivity index (χ3n) is 5.54. The van der Waals surface area contributed by atoms with Crippen molar-refractivity contribution in [2.75, 3.05) is 11.9 Å². The molecular weight excluding hydrogens is 576 g/mol. The average Bonchev–Trinajstić information content (AvgIpc) is 3.38. The second kappa shape index (κ2) is 10.6. The zero-order valence-electron chi connectivity index (χ0n) is 18.0. The summed E-state index contributed by atoms with van der Waals surface area (Å²) in [6.07, 6.45) is 1.06. The number of rotatable bonds is 7. The Hall–Kier alpha value is -2.22. The van der Waals surface area contributed by atoms with Crippen LogP contribution >= 0.6 is 58.0 Å². The van der Waals surface area contributed by atoms with E-state index in [1.54, 1.807) is 18.2 Å². The van der Waals surface area contributed by atoms with Crippen LogP contribution in [0.4, 0.5) is 14.5 Å². The van der Waals surface area contributed by atoms with Gasteiger partial charge in [0.05, 0.1) is 10.9 Å². The number of anilines is 1. The maximum absolute atomic E-state index is 13.7. The number of nitrogens with zero attached hydrogens (tertiary/aromatic N) is 1. The Kier molecular flexibility index (Phi) is 7.93. The Bertz CT molecular complexity index is 1380. The van der Waals surface area contributed by atoms with Gasteiger partial charge in [0.2, 0.25) is 5.91 Å². The fraction of sp³-hybridized carbons (Fsp3) is 0.160. The van der Waals surface area contributed by atoms with Gasteiger partial charge in [0, 0.05) is 39.0 Å². The molecule has 3 aromatic carbocycles. The van der Waals surface area contributed by atoms with E-state index in [-0.39, 0.29) is 28.4 Å². The molecular formula is C25H15Cl5F2N2O2. The van der Waals surface area contributed by atoms with Crippen LogP contribution in [0, 0.1) is 17.6 Å². The van der Waals surface area contributed by atoms with E-state index in [1.807, 2.05) is 0 Å². The second-order valence-electron chi connectivity index (χ2n) is 8.08. The first-order chi connectivity index (χ1) is 17.0. The van der Waals surface area contributed by atoms with Gasteiger partial charge in [0.25, 0.3) is 0 Å². The molecule has 2 atom stereocenters. The number of Topliss-reactive ketones (excluding diaryl/α,β-unsaturated/α-hetero) is 1. The number of nitrogens with one attached hydrogen (secondary N) is 1. The maximum atomic E-state index is 13.7. The zero-order valence-corrected chi connectivity index (χ0v) is 21.8. The highest BCUT2D eigenvalue weighted by Gasteiger charge is 2.67. The molecule has 11 heteroatoms. The Labute approximate surface area is 230 Å². The van der Waals surface area contributed by atoms with E-state index in [9.17, 15) is 18.4 Å². The van der Waals surface area contributed by atoms with Crippen LogP contribution < -0.4 is 5.32 Å². The minimum absolute atomic E-state index is 0.0864. The van der Waals surface area contributed by atoms with E-state index in [2.05, 4.69) is 10.3 Å². The molecule has 1 aliphatic rings. The summed E-state index contributed by atoms with van der Waals surface area (Å²) in [5.41, 5.74) is 0.896. The smallest absolute Gasteiger partial charge is 0.231 e. The van der Waals surface area contributed by atoms with Gasteiger partial charge in [-0.15, -0.1) is 23.2 Å². The Balaban J connectivity index is 1.46. The lowest BCUT2D eigenvalue weighted by Crippen LogP contribution is -2.17. The summed E-state index contributed by atoms with van der Waals surface area (Å²) >= 11 is 31.1. The SMILES string of the molecule is O=C(CN=Cc1cc(F)ccc1F)c1cc(NC(=O)C2C(c3cc(Cl)cc(Cl)c3)C2(Cl)Cl)ccc1Cl. The van der Waals surface area contributed by atoms with E-state index in [4.69, 9.17) is 58.0 Å². The predicted octanol–water partition coefficient (Wildman–Crippen LogP) is 7.75. The van der Waals surface area contributed by atoms with E-state index in [1.165, 1.54) is 18.2 Å². The van der Waals surface area contributed by atoms with Crippen LogP contribution in [0.25, 0.3) is 0 Å². The maximum Gasteiger partial charge on any atom is 0.231 e. The molecule has 2 unspecified atom stereocenters. The van der Waals surface area contributed by atoms with Crippen molar-refractivity contribution >= 4 is 81.6 Å². The molecule has 1 N–H and O–H groups in total. The summed E-state index contributed by atoms with van der Waals surface area (Å²) in [7, 11) is 0. The minimum Gasteiger partial charge on any atom is -0.326 e. The molecule has 186 valence electrons. The van der Waals surface area contributed by atoms with Crippen molar-refractivity contribution in [2.45, 2.75) is 10.3 Å². The van der Waals surface area contributed by atoms with E-state index in [0.29, 0.717) is 15.6 Å². The largest absolute Gasteiger partial charge is 0.326 e. The summed E-state index contributed by atoms with van der Waals surface area (Å²) in [5.74, 6) is -3.61. The van der Waals surface area contributed by atoms with Gasteiger partial charge >= 0.3 is 0 Å². The van der Waals surface area contributed by atoms with Gasteiger partial charge in [-0.3, -0.25) is 14.6 Å². The van der Waals surface area contributed by atoms with Crippen LogP contribution in [0.3, 0.4) is 0 Å². The number of halogens is 7. The zero-order chi connectivity index (χ0) is 26.2. The molecule has 0 bridgehead atoms. The van der Waals surface area contributed by atoms with Gasteiger partial charge in [0.1, 0.15) is 22.5 Å². The Morgan fingerprint density at radius 2 is 1.67 bits per heavy atom. The van der Waals surface area contributed by atoms with Crippen molar-refractivity contribution in [3.05, 3.63) is 98.0 Å². The van der Waals surface area contributed by atoms with Gasteiger partial charge in [-0.1, -0.05) is 34.8 Å². The first kappa shape index (κ1) is 26.8. The highest BCUT2D eigenvalue weighted by Crippen LogP contribution is 2.65. The third kappa shape index (κ3) is 5.84. The average molecular weight is 591 g/mol. The van der Waals surface area contributed by atoms with Gasteiger partial charge < -0.3 is 5.32 Å². The lowest BCUT2D eigenvalue weighted by Gasteiger charge is -2.08. The summed E-state index contributed by atoms with van der Waals surface area (Å²) in [6, 6.07) is 12.1. The molecule has 1 amide bonds. The second-order valence-corrected chi connectivity index (χ2v) is 10.8. The monoisotopic (exact) mass is 588 g/mol. The summed E-state index contributed by atoms with van der Waals surface area (Å²) in [6.45, 7) is -0.375. The first-order valence-corrected chi connectivity index (χ1v) is 12.3. The molecule has 3 aromatic rings. The molecule has 0 aromatic heterocycles. The van der Waals surface area contributed by atoms with Crippen molar-refractivity contribution in [2.24, 2.45) is 10.9 Å². The minimum atomic E-state index is -1.37. The summed E-state index contributed by atoms with van der Waals surface area (Å²) in [5, 5.41) is 3.59. The summed E-state index contributed by atoms with van der Waals surface area (Å²) < 4.78 is 25.6. The van der Waals surface area contributed by atoms with Crippen molar-refractivity contribution in [3.63, 3.8) is 0 Å². The van der Waals surface area contributed by atoms with Gasteiger partial charge in [-0.25, -0.2) is 8.78 Å². The van der Waals surface area contributed by atoms with E-state index in [0.717, 1.165) is 24.4 Å². The van der Waals surface area contributed by atoms with Crippen LogP contribution in [-0.2, 0) is 4.79 Å². The predicted molar refractivity (Wildman–Crippen MR) is 140 cm³/mol. The highest BCUT2D eigenvalue weighted by atomic mass is 35.5. The fourth-order valence-electron chi connectivity index (χ4n) is 3.78. The molecule has 1 saturated carbocycles. The van der Waals surface area contributed by atoms with Crippen molar-refractivity contribution in [1.82, 2.24) is 0 Å². The third-order valence-corrected chi connectivity index (χ3v) is 7.24. The lowest BCUT2D eigenvalue weighted by molar-refractivity contribution is -0.117. The molecule has 1 fully saturated rings. The molecule has 0 radical (unpaired) electrons. The number of ketones is 1. The fourth-order valence-corrected chi connectivity index (χ4v) is 5.38. The molecule has 4 rings (SSSR count). The van der Waals surface area contributed by atoms with Gasteiger partial charge in [0.15, 0.2) is 5.78 Å². The normalized spacial score (nSPS) is 18.3. The van der Waals surface area contributed by atoms with E-state index < -0.39 is 39.5 Å². The molecule has 0 spiro atoms. The number of hydrogen-bond donors (Lipinski definition) is 1. The Morgan fingerprint density at radius 1 is 0.972 bits per heavy atom. The molecule has 1 aliphatic carbocycles. The highest BCUT2D eigenvalue weighted by molar-refractivity contribution is 6.53. The number of amides is 1. The van der Waals surface area contributed by atoms with Crippen molar-refractivity contribution in [1.29, 1.82) is 0 Å². The summed E-state index contributed by atoms with van der Waals surface area (Å²) in [4.78, 5) is 29.5. The quantitative estimate of drug-likeness (QED) is 0.174. The van der Waals surface area contributed by atoms with E-state index >= 15 is 0 Å². The van der Waals surface area contributed by atoms with Crippen molar-refractivity contribution in [3.8, 4) is 0 Å². The molecule has 36 heavy (non-hydrogen) atoms. The first-order valence-electron chi connectivity index (χ1n) is 10.4. The van der Waals surface area contributed by atoms with Crippen LogP contribution in [0.5, 0.6) is 0 Å². The standard InChI is InChI=1S/C25H15Cl5F2N2O2/c26-14-5-12(6-15(27)8-14)22-23(25(22,29)30)24(36)34-17-2-3-19(28)18(9-17)21(35)11-33-10-13-7-16(31)1-4-20(13)32/h1-10,22-23H,11H2,(H,34,36).